The number of methoxy groups -OCH3 is 1. The monoisotopic (exact) mass is 265 g/mol. The number of nitro benzene ring substituents is 1. The molecule has 19 heavy (non-hydrogen) atoms. The summed E-state index contributed by atoms with van der Waals surface area (Å²) in [5, 5.41) is 17.6. The number of nitro groups is 1. The highest BCUT2D eigenvalue weighted by Crippen LogP contribution is 2.34. The van der Waals surface area contributed by atoms with Crippen LogP contribution < -0.4 is 15.4 Å². The predicted molar refractivity (Wildman–Crippen MR) is 73.7 cm³/mol. The molecule has 0 spiro atoms. The maximum atomic E-state index is 11.1. The van der Waals surface area contributed by atoms with Gasteiger partial charge in [0, 0.05) is 6.54 Å². The molecule has 1 heterocycles. The summed E-state index contributed by atoms with van der Waals surface area (Å²) in [6, 6.07) is 5.07. The number of nitrogens with one attached hydrogen (secondary N) is 2. The largest absolute Gasteiger partial charge is 0.490 e. The smallest absolute Gasteiger partial charge is 0.333 e. The Kier molecular flexibility index (Phi) is 4.57. The molecule has 1 saturated heterocycles. The predicted octanol–water partition coefficient (Wildman–Crippen LogP) is 2.01. The second-order valence-electron chi connectivity index (χ2n) is 4.69. The number of ether oxygens (including phenoxy) is 1. The third-order valence-electron chi connectivity index (χ3n) is 3.43. The molecule has 0 aromatic heterocycles. The molecular weight excluding hydrogens is 246 g/mol. The third-order valence-corrected chi connectivity index (χ3v) is 3.43. The van der Waals surface area contributed by atoms with Gasteiger partial charge in [0.2, 0.25) is 0 Å². The number of rotatable bonds is 6. The van der Waals surface area contributed by atoms with Gasteiger partial charge in [-0.15, -0.1) is 0 Å². The molecule has 1 unspecified atom stereocenters. The van der Waals surface area contributed by atoms with Crippen molar-refractivity contribution in [2.75, 3.05) is 32.1 Å². The molecule has 6 heteroatoms. The van der Waals surface area contributed by atoms with Crippen molar-refractivity contribution in [1.82, 2.24) is 5.32 Å². The van der Waals surface area contributed by atoms with E-state index >= 15 is 0 Å². The fourth-order valence-electron chi connectivity index (χ4n) is 2.39. The van der Waals surface area contributed by atoms with Crippen LogP contribution in [0.2, 0.25) is 0 Å². The van der Waals surface area contributed by atoms with Crippen molar-refractivity contribution in [3.05, 3.63) is 28.3 Å². The molecule has 1 fully saturated rings. The van der Waals surface area contributed by atoms with Gasteiger partial charge in [0.25, 0.3) is 0 Å². The Morgan fingerprint density at radius 2 is 2.42 bits per heavy atom. The van der Waals surface area contributed by atoms with E-state index in [1.807, 2.05) is 0 Å². The first-order valence-electron chi connectivity index (χ1n) is 6.48. The zero-order valence-electron chi connectivity index (χ0n) is 11.0. The third kappa shape index (κ3) is 3.35. The number of nitrogens with zero attached hydrogens (tertiary/aromatic N) is 1. The number of hydrogen-bond donors (Lipinski definition) is 2. The van der Waals surface area contributed by atoms with Crippen LogP contribution in [0.5, 0.6) is 5.75 Å². The molecule has 1 aliphatic rings. The van der Waals surface area contributed by atoms with Gasteiger partial charge in [0.1, 0.15) is 5.69 Å². The Bertz CT molecular complexity index is 445. The molecule has 0 bridgehead atoms. The van der Waals surface area contributed by atoms with E-state index in [0.29, 0.717) is 11.6 Å². The lowest BCUT2D eigenvalue weighted by molar-refractivity contribution is -0.384. The molecule has 2 rings (SSSR count). The fraction of sp³-hybridized carbons (Fsp3) is 0.538. The summed E-state index contributed by atoms with van der Waals surface area (Å²) in [6.45, 7) is 2.85. The van der Waals surface area contributed by atoms with Gasteiger partial charge in [0.05, 0.1) is 12.0 Å². The van der Waals surface area contributed by atoms with Crippen LogP contribution in [0.25, 0.3) is 0 Å². The topological polar surface area (TPSA) is 76.4 Å². The summed E-state index contributed by atoms with van der Waals surface area (Å²) in [6.07, 6.45) is 2.20. The van der Waals surface area contributed by atoms with Crippen LogP contribution in [0, 0.1) is 16.0 Å². The van der Waals surface area contributed by atoms with Crippen molar-refractivity contribution < 1.29 is 9.66 Å². The Hall–Kier alpha value is -1.82. The minimum atomic E-state index is -0.404. The highest BCUT2D eigenvalue weighted by atomic mass is 16.6. The number of benzene rings is 1. The van der Waals surface area contributed by atoms with E-state index in [2.05, 4.69) is 10.6 Å². The summed E-state index contributed by atoms with van der Waals surface area (Å²) in [5.41, 5.74) is 0.532. The SMILES string of the molecule is COc1cccc(NCCC2CCNC2)c1[N+](=O)[O-]. The van der Waals surface area contributed by atoms with Crippen LogP contribution >= 0.6 is 0 Å². The summed E-state index contributed by atoms with van der Waals surface area (Å²) in [4.78, 5) is 10.7. The highest BCUT2D eigenvalue weighted by molar-refractivity contribution is 5.68. The molecule has 1 aromatic rings. The molecule has 0 radical (unpaired) electrons. The second kappa shape index (κ2) is 6.38. The molecule has 2 N–H and O–H groups in total. The first-order chi connectivity index (χ1) is 9.22. The first-order valence-corrected chi connectivity index (χ1v) is 6.48. The van der Waals surface area contributed by atoms with Gasteiger partial charge >= 0.3 is 5.69 Å². The van der Waals surface area contributed by atoms with Crippen LogP contribution in [-0.4, -0.2) is 31.7 Å². The Balaban J connectivity index is 2.00. The van der Waals surface area contributed by atoms with Gasteiger partial charge in [-0.25, -0.2) is 0 Å². The zero-order valence-corrected chi connectivity index (χ0v) is 11.0. The summed E-state index contributed by atoms with van der Waals surface area (Å²) >= 11 is 0. The van der Waals surface area contributed by atoms with Gasteiger partial charge in [-0.1, -0.05) is 6.07 Å². The minimum absolute atomic E-state index is 0.00884. The van der Waals surface area contributed by atoms with Crippen LogP contribution in [-0.2, 0) is 0 Å². The maximum Gasteiger partial charge on any atom is 0.333 e. The van der Waals surface area contributed by atoms with E-state index in [-0.39, 0.29) is 11.4 Å². The first kappa shape index (κ1) is 13.6. The summed E-state index contributed by atoms with van der Waals surface area (Å²) in [5.74, 6) is 0.953. The van der Waals surface area contributed by atoms with E-state index in [4.69, 9.17) is 4.74 Å². The molecule has 6 nitrogen and oxygen atoms in total. The van der Waals surface area contributed by atoms with Crippen molar-refractivity contribution in [1.29, 1.82) is 0 Å². The number of hydrogen-bond acceptors (Lipinski definition) is 5. The lowest BCUT2D eigenvalue weighted by Gasteiger charge is -2.11. The molecule has 0 saturated carbocycles. The molecule has 104 valence electrons. The van der Waals surface area contributed by atoms with Gasteiger partial charge in [-0.2, -0.15) is 0 Å². The van der Waals surface area contributed by atoms with Gasteiger partial charge < -0.3 is 15.4 Å². The standard InChI is InChI=1S/C13H19N3O3/c1-19-12-4-2-3-11(13(12)16(17)18)15-8-6-10-5-7-14-9-10/h2-4,10,14-15H,5-9H2,1H3. The summed E-state index contributed by atoms with van der Waals surface area (Å²) in [7, 11) is 1.44. The normalized spacial score (nSPS) is 18.3. The Morgan fingerprint density at radius 3 is 3.05 bits per heavy atom. The summed E-state index contributed by atoms with van der Waals surface area (Å²) < 4.78 is 5.04. The van der Waals surface area contributed by atoms with Gasteiger partial charge in [-0.3, -0.25) is 10.1 Å². The molecule has 0 aliphatic carbocycles. The number of anilines is 1. The van der Waals surface area contributed by atoms with Crippen molar-refractivity contribution in [2.24, 2.45) is 5.92 Å². The maximum absolute atomic E-state index is 11.1. The van der Waals surface area contributed by atoms with E-state index in [1.165, 1.54) is 13.5 Å². The minimum Gasteiger partial charge on any atom is -0.490 e. The van der Waals surface area contributed by atoms with Crippen molar-refractivity contribution in [2.45, 2.75) is 12.8 Å². The van der Waals surface area contributed by atoms with E-state index in [0.717, 1.165) is 26.1 Å². The fourth-order valence-corrected chi connectivity index (χ4v) is 2.39. The average Bonchev–Trinajstić information content (AvgIpc) is 2.91. The van der Waals surface area contributed by atoms with E-state index in [1.54, 1.807) is 18.2 Å². The van der Waals surface area contributed by atoms with E-state index < -0.39 is 4.92 Å². The van der Waals surface area contributed by atoms with Crippen LogP contribution in [0.3, 0.4) is 0 Å². The Labute approximate surface area is 112 Å². The van der Waals surface area contributed by atoms with Gasteiger partial charge in [-0.05, 0) is 44.0 Å². The van der Waals surface area contributed by atoms with Gasteiger partial charge in [0.15, 0.2) is 5.75 Å². The van der Waals surface area contributed by atoms with Crippen molar-refractivity contribution in [3.63, 3.8) is 0 Å². The van der Waals surface area contributed by atoms with E-state index in [9.17, 15) is 10.1 Å². The second-order valence-corrected chi connectivity index (χ2v) is 4.69. The zero-order chi connectivity index (χ0) is 13.7. The molecule has 1 aromatic carbocycles. The van der Waals surface area contributed by atoms with Crippen molar-refractivity contribution in [3.8, 4) is 5.75 Å². The van der Waals surface area contributed by atoms with Crippen LogP contribution in [0.1, 0.15) is 12.8 Å². The lowest BCUT2D eigenvalue weighted by atomic mass is 10.1. The lowest BCUT2D eigenvalue weighted by Crippen LogP contribution is -2.13. The highest BCUT2D eigenvalue weighted by Gasteiger charge is 2.20. The molecular formula is C13H19N3O3. The molecule has 0 amide bonds. The number of para-hydroxylation sites is 1. The molecule has 1 aliphatic heterocycles. The van der Waals surface area contributed by atoms with Crippen LogP contribution in [0.15, 0.2) is 18.2 Å². The van der Waals surface area contributed by atoms with Crippen molar-refractivity contribution >= 4 is 11.4 Å². The molecule has 1 atom stereocenters. The average molecular weight is 265 g/mol. The van der Waals surface area contributed by atoms with Crippen LogP contribution in [0.4, 0.5) is 11.4 Å². The Morgan fingerprint density at radius 1 is 1.58 bits per heavy atom. The quantitative estimate of drug-likeness (QED) is 0.608.